The minimum Gasteiger partial charge on any atom is -0.381 e. The number of aromatic amines is 1. The molecule has 0 radical (unpaired) electrons. The maximum atomic E-state index is 13.3. The molecule has 1 aliphatic heterocycles. The number of rotatable bonds is 4. The number of ether oxygens (including phenoxy) is 1. The third-order valence-electron chi connectivity index (χ3n) is 5.93. The number of nitrogens with two attached hydrogens (primary N) is 1. The van der Waals surface area contributed by atoms with Crippen LogP contribution in [0.1, 0.15) is 24.2 Å². The quantitative estimate of drug-likeness (QED) is 0.535. The number of H-pyrrole nitrogens is 1. The van der Waals surface area contributed by atoms with Crippen molar-refractivity contribution in [1.29, 1.82) is 0 Å². The van der Waals surface area contributed by atoms with Gasteiger partial charge in [-0.1, -0.05) is 30.3 Å². The van der Waals surface area contributed by atoms with E-state index in [4.69, 9.17) is 15.6 Å². The molecule has 1 fully saturated rings. The van der Waals surface area contributed by atoms with Gasteiger partial charge in [0.2, 0.25) is 5.65 Å². The number of fused-ring (bicyclic) bond motifs is 1. The molecule has 8 heteroatoms. The molecule has 1 aliphatic rings. The van der Waals surface area contributed by atoms with Gasteiger partial charge in [-0.3, -0.25) is 10.7 Å². The van der Waals surface area contributed by atoms with Gasteiger partial charge in [-0.2, -0.15) is 4.68 Å². The van der Waals surface area contributed by atoms with Gasteiger partial charge < -0.3 is 4.74 Å². The minimum atomic E-state index is -0.248. The number of hydrogen-bond donors (Lipinski definition) is 1. The van der Waals surface area contributed by atoms with Gasteiger partial charge in [0.05, 0.1) is 18.7 Å². The summed E-state index contributed by atoms with van der Waals surface area (Å²) in [5.41, 5.74) is 12.0. The maximum absolute atomic E-state index is 13.3. The Morgan fingerprint density at radius 1 is 1.16 bits per heavy atom. The van der Waals surface area contributed by atoms with Crippen LogP contribution < -0.4 is 16.4 Å². The first-order valence-electron chi connectivity index (χ1n) is 10.9. The Balaban J connectivity index is 1.77. The summed E-state index contributed by atoms with van der Waals surface area (Å²) >= 11 is 0. The monoisotopic (exact) mass is 431 g/mol. The number of aryl methyl sites for hydroxylation is 2. The van der Waals surface area contributed by atoms with Crippen LogP contribution in [0.3, 0.4) is 0 Å². The van der Waals surface area contributed by atoms with Crippen molar-refractivity contribution in [2.45, 2.75) is 33.2 Å². The van der Waals surface area contributed by atoms with Crippen molar-refractivity contribution in [3.63, 3.8) is 0 Å². The molecular weight excluding hydrogens is 404 g/mol. The second kappa shape index (κ2) is 8.20. The van der Waals surface area contributed by atoms with Crippen molar-refractivity contribution in [2.24, 2.45) is 5.92 Å². The number of benzene rings is 1. The van der Waals surface area contributed by atoms with Crippen LogP contribution in [0.4, 0.5) is 5.95 Å². The lowest BCUT2D eigenvalue weighted by Gasteiger charge is -2.20. The van der Waals surface area contributed by atoms with Gasteiger partial charge in [0.15, 0.2) is 0 Å². The second-order valence-electron chi connectivity index (χ2n) is 8.47. The Hall–Kier alpha value is -3.52. The fourth-order valence-electron chi connectivity index (χ4n) is 4.53. The fraction of sp³-hybridized carbons (Fsp3) is 0.333. The van der Waals surface area contributed by atoms with Crippen LogP contribution >= 0.6 is 0 Å². The minimum absolute atomic E-state index is 0.248. The van der Waals surface area contributed by atoms with Crippen LogP contribution in [-0.4, -0.2) is 32.4 Å². The molecule has 5 rings (SSSR count). The van der Waals surface area contributed by atoms with E-state index in [9.17, 15) is 4.79 Å². The van der Waals surface area contributed by atoms with Gasteiger partial charge in [-0.05, 0) is 44.4 Å². The zero-order valence-electron chi connectivity index (χ0n) is 18.3. The number of hydrogen-bond acceptors (Lipinski definition) is 5. The normalized spacial score (nSPS) is 16.5. The molecule has 3 N–H and O–H groups in total. The zero-order valence-corrected chi connectivity index (χ0v) is 18.3. The molecule has 32 heavy (non-hydrogen) atoms. The average Bonchev–Trinajstić information content (AvgIpc) is 3.10. The van der Waals surface area contributed by atoms with E-state index in [1.54, 1.807) is 0 Å². The van der Waals surface area contributed by atoms with Gasteiger partial charge >= 0.3 is 11.6 Å². The first kappa shape index (κ1) is 20.4. The van der Waals surface area contributed by atoms with Crippen LogP contribution in [0.25, 0.3) is 28.0 Å². The van der Waals surface area contributed by atoms with E-state index in [0.717, 1.165) is 53.2 Å². The van der Waals surface area contributed by atoms with E-state index in [-0.39, 0.29) is 17.6 Å². The Labute approximate surface area is 185 Å². The van der Waals surface area contributed by atoms with Crippen LogP contribution in [0.15, 0.2) is 47.3 Å². The number of pyridine rings is 1. The van der Waals surface area contributed by atoms with Gasteiger partial charge in [0, 0.05) is 29.5 Å². The first-order chi connectivity index (χ1) is 15.5. The highest BCUT2D eigenvalue weighted by atomic mass is 16.5. The van der Waals surface area contributed by atoms with Crippen LogP contribution in [-0.2, 0) is 11.3 Å². The van der Waals surface area contributed by atoms with Crippen molar-refractivity contribution in [2.75, 3.05) is 18.9 Å². The molecule has 0 aliphatic carbocycles. The lowest BCUT2D eigenvalue weighted by Crippen LogP contribution is -2.31. The van der Waals surface area contributed by atoms with Gasteiger partial charge in [0.25, 0.3) is 0 Å². The molecule has 4 aromatic rings. The number of nitrogens with one attached hydrogen (secondary N) is 1. The van der Waals surface area contributed by atoms with E-state index in [1.165, 1.54) is 9.08 Å². The highest BCUT2D eigenvalue weighted by Gasteiger charge is 2.27. The number of aromatic nitrogens is 5. The standard InChI is InChI=1S/C24H26N6O2/c1-15-11-19(12-16(2)26-15)20-21(18-8-4-3-5-9-18)27-23(25)30-22(20)28-29(24(30)31)13-17-7-6-10-32-14-17/h3-5,8-9,11-12,17H,6-7,10,13-14H2,1-2H3,(H2,25,27)/p+1. The molecule has 1 saturated heterocycles. The first-order valence-corrected chi connectivity index (χ1v) is 10.9. The summed E-state index contributed by atoms with van der Waals surface area (Å²) < 4.78 is 8.60. The zero-order chi connectivity index (χ0) is 22.2. The number of nitrogens with zero attached hydrogens (tertiary/aromatic N) is 4. The maximum Gasteiger partial charge on any atom is 0.411 e. The molecule has 1 aromatic carbocycles. The lowest BCUT2D eigenvalue weighted by molar-refractivity contribution is -0.351. The molecule has 0 amide bonds. The van der Waals surface area contributed by atoms with E-state index in [0.29, 0.717) is 18.8 Å². The average molecular weight is 432 g/mol. The van der Waals surface area contributed by atoms with Gasteiger partial charge in [0.1, 0.15) is 5.69 Å². The smallest absolute Gasteiger partial charge is 0.381 e. The van der Waals surface area contributed by atoms with Crippen molar-refractivity contribution >= 4 is 11.6 Å². The van der Waals surface area contributed by atoms with Crippen molar-refractivity contribution in [3.05, 3.63) is 64.3 Å². The summed E-state index contributed by atoms with van der Waals surface area (Å²) in [4.78, 5) is 21.1. The molecule has 1 unspecified atom stereocenters. The van der Waals surface area contributed by atoms with Crippen molar-refractivity contribution in [3.8, 4) is 22.4 Å². The topological polar surface area (TPSA) is 102 Å². The van der Waals surface area contributed by atoms with Crippen LogP contribution in [0.5, 0.6) is 0 Å². The Morgan fingerprint density at radius 3 is 2.59 bits per heavy atom. The molecule has 0 spiro atoms. The Morgan fingerprint density at radius 2 is 1.91 bits per heavy atom. The Bertz CT molecular complexity index is 1320. The Kier molecular flexibility index (Phi) is 5.22. The lowest BCUT2D eigenvalue weighted by atomic mass is 9.99. The summed E-state index contributed by atoms with van der Waals surface area (Å²) in [7, 11) is 0. The van der Waals surface area contributed by atoms with Crippen molar-refractivity contribution in [1.82, 2.24) is 19.2 Å². The van der Waals surface area contributed by atoms with Gasteiger partial charge in [-0.25, -0.2) is 9.78 Å². The van der Waals surface area contributed by atoms with E-state index >= 15 is 0 Å². The van der Waals surface area contributed by atoms with E-state index < -0.39 is 0 Å². The SMILES string of the molecule is Cc1cc(-c2c(-c3ccccc3)[nH+]c(N)n3c(=O)n(CC4CCCOC4)nc23)cc(C)n1. The summed E-state index contributed by atoms with van der Waals surface area (Å²) in [5, 5.41) is 4.78. The largest absolute Gasteiger partial charge is 0.411 e. The predicted octanol–water partition coefficient (Wildman–Crippen LogP) is 2.66. The highest BCUT2D eigenvalue weighted by molar-refractivity contribution is 5.88. The number of anilines is 1. The van der Waals surface area contributed by atoms with E-state index in [1.807, 2.05) is 56.3 Å². The van der Waals surface area contributed by atoms with Crippen LogP contribution in [0, 0.1) is 19.8 Å². The highest BCUT2D eigenvalue weighted by Crippen LogP contribution is 2.33. The summed E-state index contributed by atoms with van der Waals surface area (Å²) in [5.74, 6) is 0.514. The fourth-order valence-corrected chi connectivity index (χ4v) is 4.53. The second-order valence-corrected chi connectivity index (χ2v) is 8.47. The molecule has 4 heterocycles. The third kappa shape index (κ3) is 3.67. The third-order valence-corrected chi connectivity index (χ3v) is 5.93. The molecular formula is C24H27N6O2+. The molecule has 0 bridgehead atoms. The number of nitrogen functional groups attached to an aromatic ring is 1. The summed E-state index contributed by atoms with van der Waals surface area (Å²) in [6.07, 6.45) is 2.02. The van der Waals surface area contributed by atoms with Crippen molar-refractivity contribution < 1.29 is 9.72 Å². The summed E-state index contributed by atoms with van der Waals surface area (Å²) in [6, 6.07) is 14.0. The van der Waals surface area contributed by atoms with Crippen LogP contribution in [0.2, 0.25) is 0 Å². The molecule has 164 valence electrons. The molecule has 0 saturated carbocycles. The molecule has 3 aromatic heterocycles. The summed E-state index contributed by atoms with van der Waals surface area (Å²) in [6.45, 7) is 5.86. The molecule has 8 nitrogen and oxygen atoms in total. The van der Waals surface area contributed by atoms with E-state index in [2.05, 4.69) is 9.97 Å². The van der Waals surface area contributed by atoms with Gasteiger partial charge in [-0.15, -0.1) is 9.50 Å². The predicted molar refractivity (Wildman–Crippen MR) is 122 cm³/mol. The molecule has 1 atom stereocenters.